The lowest BCUT2D eigenvalue weighted by molar-refractivity contribution is 0.0833. The first-order valence-electron chi connectivity index (χ1n) is 6.32. The third kappa shape index (κ3) is 3.21. The Morgan fingerprint density at radius 3 is 2.94 bits per heavy atom. The van der Waals surface area contributed by atoms with Gasteiger partial charge in [0, 0.05) is 23.9 Å². The fourth-order valence-electron chi connectivity index (χ4n) is 2.56. The van der Waals surface area contributed by atoms with Crippen LogP contribution >= 0.6 is 11.6 Å². The summed E-state index contributed by atoms with van der Waals surface area (Å²) < 4.78 is 27.9. The van der Waals surface area contributed by atoms with Gasteiger partial charge in [-0.05, 0) is 50.1 Å². The fourth-order valence-corrected chi connectivity index (χ4v) is 2.75. The minimum Gasteiger partial charge on any atom is -0.316 e. The van der Waals surface area contributed by atoms with E-state index in [1.54, 1.807) is 6.92 Å². The van der Waals surface area contributed by atoms with Gasteiger partial charge in [-0.25, -0.2) is 8.78 Å². The zero-order valence-corrected chi connectivity index (χ0v) is 11.2. The van der Waals surface area contributed by atoms with Crippen LogP contribution in [0.3, 0.4) is 0 Å². The standard InChI is InChI=1S/C14H18ClF2N/c1-14(17,11-3-2-6-18-9-11)8-10-7-12(16)4-5-13(10)15/h4-5,7,11,18H,2-3,6,8-9H2,1H3. The van der Waals surface area contributed by atoms with Crippen LogP contribution in [0.15, 0.2) is 18.2 Å². The molecule has 1 aliphatic heterocycles. The third-order valence-corrected chi connectivity index (χ3v) is 4.06. The van der Waals surface area contributed by atoms with Crippen molar-refractivity contribution in [3.8, 4) is 0 Å². The molecular weight excluding hydrogens is 256 g/mol. The molecule has 0 spiro atoms. The predicted molar refractivity (Wildman–Crippen MR) is 70.2 cm³/mol. The summed E-state index contributed by atoms with van der Waals surface area (Å²) in [6.07, 6.45) is 2.02. The Labute approximate surface area is 112 Å². The lowest BCUT2D eigenvalue weighted by Gasteiger charge is -2.34. The predicted octanol–water partition coefficient (Wildman–Crippen LogP) is 3.75. The van der Waals surface area contributed by atoms with Crippen LogP contribution in [-0.2, 0) is 6.42 Å². The lowest BCUT2D eigenvalue weighted by Crippen LogP contribution is -2.42. The summed E-state index contributed by atoms with van der Waals surface area (Å²) in [7, 11) is 0. The molecule has 0 saturated carbocycles. The highest BCUT2D eigenvalue weighted by atomic mass is 35.5. The maximum atomic E-state index is 14.8. The summed E-state index contributed by atoms with van der Waals surface area (Å²) in [4.78, 5) is 0. The molecule has 2 rings (SSSR count). The summed E-state index contributed by atoms with van der Waals surface area (Å²) in [5.74, 6) is -0.405. The van der Waals surface area contributed by atoms with Crippen LogP contribution in [0.1, 0.15) is 25.3 Å². The van der Waals surface area contributed by atoms with Crippen LogP contribution in [0, 0.1) is 11.7 Å². The van der Waals surface area contributed by atoms with Crippen molar-refractivity contribution in [1.82, 2.24) is 5.32 Å². The van der Waals surface area contributed by atoms with Gasteiger partial charge < -0.3 is 5.32 Å². The molecule has 1 fully saturated rings. The van der Waals surface area contributed by atoms with Crippen LogP contribution < -0.4 is 5.32 Å². The maximum Gasteiger partial charge on any atom is 0.123 e. The first kappa shape index (κ1) is 13.8. The van der Waals surface area contributed by atoms with Crippen molar-refractivity contribution < 1.29 is 8.78 Å². The summed E-state index contributed by atoms with van der Waals surface area (Å²) in [6.45, 7) is 3.22. The first-order valence-corrected chi connectivity index (χ1v) is 6.70. The molecule has 2 atom stereocenters. The summed E-state index contributed by atoms with van der Waals surface area (Å²) >= 11 is 5.99. The van der Waals surface area contributed by atoms with E-state index in [1.807, 2.05) is 0 Å². The fraction of sp³-hybridized carbons (Fsp3) is 0.571. The average molecular weight is 274 g/mol. The molecule has 0 amide bonds. The second kappa shape index (κ2) is 5.54. The van der Waals surface area contributed by atoms with Crippen LogP contribution in [-0.4, -0.2) is 18.8 Å². The highest BCUT2D eigenvalue weighted by Gasteiger charge is 2.35. The number of benzene rings is 1. The molecule has 1 heterocycles. The van der Waals surface area contributed by atoms with Gasteiger partial charge in [-0.15, -0.1) is 0 Å². The molecule has 0 aliphatic carbocycles. The molecule has 18 heavy (non-hydrogen) atoms. The van der Waals surface area contributed by atoms with E-state index in [-0.39, 0.29) is 18.2 Å². The van der Waals surface area contributed by atoms with Crippen LogP contribution in [0.25, 0.3) is 0 Å². The Kier molecular flexibility index (Phi) is 4.23. The largest absolute Gasteiger partial charge is 0.316 e. The Morgan fingerprint density at radius 1 is 1.50 bits per heavy atom. The van der Waals surface area contributed by atoms with Crippen LogP contribution in [0.4, 0.5) is 8.78 Å². The van der Waals surface area contributed by atoms with E-state index in [2.05, 4.69) is 5.32 Å². The number of halogens is 3. The summed E-state index contributed by atoms with van der Waals surface area (Å²) in [6, 6.07) is 4.11. The quantitative estimate of drug-likeness (QED) is 0.884. The Balaban J connectivity index is 2.13. The van der Waals surface area contributed by atoms with E-state index < -0.39 is 5.67 Å². The van der Waals surface area contributed by atoms with E-state index in [1.165, 1.54) is 18.2 Å². The lowest BCUT2D eigenvalue weighted by atomic mass is 9.81. The van der Waals surface area contributed by atoms with Gasteiger partial charge in [-0.1, -0.05) is 11.6 Å². The highest BCUT2D eigenvalue weighted by molar-refractivity contribution is 6.31. The van der Waals surface area contributed by atoms with Gasteiger partial charge in [0.2, 0.25) is 0 Å². The molecule has 0 aromatic heterocycles. The summed E-state index contributed by atoms with van der Waals surface area (Å²) in [5, 5.41) is 3.64. The first-order chi connectivity index (χ1) is 8.49. The molecule has 1 aliphatic rings. The number of alkyl halides is 1. The van der Waals surface area contributed by atoms with E-state index >= 15 is 0 Å². The van der Waals surface area contributed by atoms with Crippen LogP contribution in [0.5, 0.6) is 0 Å². The van der Waals surface area contributed by atoms with E-state index in [9.17, 15) is 8.78 Å². The van der Waals surface area contributed by atoms with Crippen molar-refractivity contribution >= 4 is 11.6 Å². The SMILES string of the molecule is CC(F)(Cc1cc(F)ccc1Cl)C1CCCNC1. The molecule has 2 unspecified atom stereocenters. The van der Waals surface area contributed by atoms with Crippen molar-refractivity contribution in [2.45, 2.75) is 31.9 Å². The van der Waals surface area contributed by atoms with Gasteiger partial charge in [-0.3, -0.25) is 0 Å². The monoisotopic (exact) mass is 273 g/mol. The average Bonchev–Trinajstić information content (AvgIpc) is 2.35. The van der Waals surface area contributed by atoms with Crippen molar-refractivity contribution in [1.29, 1.82) is 0 Å². The highest BCUT2D eigenvalue weighted by Crippen LogP contribution is 2.33. The van der Waals surface area contributed by atoms with Crippen molar-refractivity contribution in [2.24, 2.45) is 5.92 Å². The second-order valence-electron chi connectivity index (χ2n) is 5.23. The van der Waals surface area contributed by atoms with Gasteiger partial charge in [-0.2, -0.15) is 0 Å². The molecule has 1 nitrogen and oxygen atoms in total. The number of piperidine rings is 1. The Hall–Kier alpha value is -0.670. The molecular formula is C14H18ClF2N. The number of hydrogen-bond acceptors (Lipinski definition) is 1. The zero-order chi connectivity index (χ0) is 13.2. The minimum absolute atomic E-state index is 0.0365. The number of nitrogens with one attached hydrogen (secondary N) is 1. The van der Waals surface area contributed by atoms with Gasteiger partial charge >= 0.3 is 0 Å². The molecule has 1 N–H and O–H groups in total. The Morgan fingerprint density at radius 2 is 2.28 bits per heavy atom. The van der Waals surface area contributed by atoms with Gasteiger partial charge in [0.1, 0.15) is 11.5 Å². The molecule has 1 aromatic carbocycles. The smallest absolute Gasteiger partial charge is 0.123 e. The number of rotatable bonds is 3. The minimum atomic E-state index is -1.36. The number of hydrogen-bond donors (Lipinski definition) is 1. The molecule has 100 valence electrons. The third-order valence-electron chi connectivity index (χ3n) is 3.69. The van der Waals surface area contributed by atoms with Crippen molar-refractivity contribution in [2.75, 3.05) is 13.1 Å². The van der Waals surface area contributed by atoms with Gasteiger partial charge in [0.05, 0.1) is 0 Å². The molecule has 1 aromatic rings. The Bertz CT molecular complexity index is 414. The van der Waals surface area contributed by atoms with Crippen molar-refractivity contribution in [3.63, 3.8) is 0 Å². The maximum absolute atomic E-state index is 14.8. The normalized spacial score (nSPS) is 23.7. The molecule has 0 radical (unpaired) electrons. The van der Waals surface area contributed by atoms with Crippen molar-refractivity contribution in [3.05, 3.63) is 34.6 Å². The summed E-state index contributed by atoms with van der Waals surface area (Å²) in [5.41, 5.74) is -0.808. The van der Waals surface area contributed by atoms with E-state index in [0.29, 0.717) is 17.1 Å². The van der Waals surface area contributed by atoms with E-state index in [4.69, 9.17) is 11.6 Å². The zero-order valence-electron chi connectivity index (χ0n) is 10.5. The molecule has 4 heteroatoms. The van der Waals surface area contributed by atoms with Gasteiger partial charge in [0.25, 0.3) is 0 Å². The van der Waals surface area contributed by atoms with Gasteiger partial charge in [0.15, 0.2) is 0 Å². The van der Waals surface area contributed by atoms with E-state index in [0.717, 1.165) is 19.4 Å². The second-order valence-corrected chi connectivity index (χ2v) is 5.64. The molecule has 1 saturated heterocycles. The molecule has 0 bridgehead atoms. The topological polar surface area (TPSA) is 12.0 Å². The van der Waals surface area contributed by atoms with Crippen LogP contribution in [0.2, 0.25) is 5.02 Å².